The van der Waals surface area contributed by atoms with Gasteiger partial charge in [0.1, 0.15) is 11.6 Å². The first-order chi connectivity index (χ1) is 6.91. The zero-order valence-corrected chi connectivity index (χ0v) is 8.85. The van der Waals surface area contributed by atoms with Crippen LogP contribution < -0.4 is 0 Å². The first-order valence-electron chi connectivity index (χ1n) is 3.81. The number of benzene rings is 1. The van der Waals surface area contributed by atoms with E-state index in [1.807, 2.05) is 0 Å². The second-order valence-electron chi connectivity index (χ2n) is 2.77. The average Bonchev–Trinajstić information content (AvgIpc) is 2.13. The lowest BCUT2D eigenvalue weighted by atomic mass is 10.1. The molecule has 0 fully saturated rings. The van der Waals surface area contributed by atoms with Crippen molar-refractivity contribution in [1.29, 1.82) is 0 Å². The number of carboxylic acids is 1. The highest BCUT2D eigenvalue weighted by Gasteiger charge is 2.17. The highest BCUT2D eigenvalue weighted by atomic mass is 79.9. The maximum absolute atomic E-state index is 13.2. The molecule has 80 valence electrons. The molecule has 6 heteroatoms. The van der Waals surface area contributed by atoms with Crippen LogP contribution in [0.5, 0.6) is 0 Å². The van der Waals surface area contributed by atoms with Crippen molar-refractivity contribution in [2.24, 2.45) is 0 Å². The molecule has 0 saturated heterocycles. The molecular weight excluding hydrogens is 274 g/mol. The summed E-state index contributed by atoms with van der Waals surface area (Å²) in [5.41, 5.74) is -0.283. The summed E-state index contributed by atoms with van der Waals surface area (Å²) < 4.78 is 25.9. The molecule has 0 spiro atoms. The van der Waals surface area contributed by atoms with Gasteiger partial charge in [0.2, 0.25) is 5.78 Å². The number of carbonyl (C=O) groups excluding carboxylic acids is 1. The third-order valence-corrected chi connectivity index (χ3v) is 2.23. The molecule has 0 radical (unpaired) electrons. The second kappa shape index (κ2) is 4.48. The predicted molar refractivity (Wildman–Crippen MR) is 50.4 cm³/mol. The molecular formula is C9H5BrF2O3. The van der Waals surface area contributed by atoms with Gasteiger partial charge in [-0.2, -0.15) is 0 Å². The van der Waals surface area contributed by atoms with Crippen LogP contribution in [-0.4, -0.2) is 16.9 Å². The third-order valence-electron chi connectivity index (χ3n) is 1.66. The Kier molecular flexibility index (Phi) is 3.52. The Balaban J connectivity index is 3.05. The number of halogens is 3. The van der Waals surface area contributed by atoms with Crippen molar-refractivity contribution in [3.05, 3.63) is 33.8 Å². The molecule has 15 heavy (non-hydrogen) atoms. The second-order valence-corrected chi connectivity index (χ2v) is 3.62. The highest BCUT2D eigenvalue weighted by molar-refractivity contribution is 9.10. The van der Waals surface area contributed by atoms with Crippen LogP contribution in [0.25, 0.3) is 0 Å². The molecule has 0 amide bonds. The Bertz CT molecular complexity index is 432. The van der Waals surface area contributed by atoms with Gasteiger partial charge < -0.3 is 5.11 Å². The summed E-state index contributed by atoms with van der Waals surface area (Å²) >= 11 is 2.75. The maximum Gasteiger partial charge on any atom is 0.372 e. The van der Waals surface area contributed by atoms with E-state index in [2.05, 4.69) is 15.9 Å². The van der Waals surface area contributed by atoms with E-state index in [0.717, 1.165) is 12.1 Å². The molecule has 0 unspecified atom stereocenters. The van der Waals surface area contributed by atoms with E-state index in [0.29, 0.717) is 0 Å². The van der Waals surface area contributed by atoms with Crippen molar-refractivity contribution in [2.45, 2.75) is 6.42 Å². The van der Waals surface area contributed by atoms with Crippen LogP contribution in [-0.2, 0) is 16.0 Å². The van der Waals surface area contributed by atoms with Crippen molar-refractivity contribution < 1.29 is 23.5 Å². The summed E-state index contributed by atoms with van der Waals surface area (Å²) in [6.07, 6.45) is -0.669. The van der Waals surface area contributed by atoms with Crippen LogP contribution in [0.1, 0.15) is 5.56 Å². The van der Waals surface area contributed by atoms with E-state index in [4.69, 9.17) is 5.11 Å². The first-order valence-corrected chi connectivity index (χ1v) is 4.60. The normalized spacial score (nSPS) is 10.1. The molecule has 0 atom stereocenters. The standard InChI is InChI=1S/C9H5BrF2O3/c10-6-3-5(11)1-4(8(6)12)2-7(13)9(14)15/h1,3H,2H2,(H,14,15). The zero-order chi connectivity index (χ0) is 11.6. The number of hydrogen-bond donors (Lipinski definition) is 1. The Morgan fingerprint density at radius 3 is 2.47 bits per heavy atom. The molecule has 1 rings (SSSR count). The zero-order valence-electron chi connectivity index (χ0n) is 7.26. The van der Waals surface area contributed by atoms with Gasteiger partial charge in [-0.3, -0.25) is 4.79 Å². The van der Waals surface area contributed by atoms with E-state index in [-0.39, 0.29) is 10.0 Å². The number of aliphatic carboxylic acids is 1. The molecule has 0 aliphatic carbocycles. The lowest BCUT2D eigenvalue weighted by molar-refractivity contribution is -0.148. The smallest absolute Gasteiger partial charge is 0.372 e. The van der Waals surface area contributed by atoms with Gasteiger partial charge in [0.05, 0.1) is 4.47 Å². The van der Waals surface area contributed by atoms with Crippen LogP contribution in [0.4, 0.5) is 8.78 Å². The van der Waals surface area contributed by atoms with Crippen molar-refractivity contribution >= 4 is 27.7 Å². The number of hydrogen-bond acceptors (Lipinski definition) is 2. The van der Waals surface area contributed by atoms with Crippen LogP contribution in [0.2, 0.25) is 0 Å². The topological polar surface area (TPSA) is 54.4 Å². The van der Waals surface area contributed by atoms with Gasteiger partial charge in [0.25, 0.3) is 0 Å². The lowest BCUT2D eigenvalue weighted by Gasteiger charge is -2.02. The summed E-state index contributed by atoms with van der Waals surface area (Å²) in [5.74, 6) is -4.43. The summed E-state index contributed by atoms with van der Waals surface area (Å²) in [7, 11) is 0. The molecule has 3 nitrogen and oxygen atoms in total. The van der Waals surface area contributed by atoms with E-state index in [1.165, 1.54) is 0 Å². The minimum atomic E-state index is -1.67. The molecule has 0 heterocycles. The summed E-state index contributed by atoms with van der Waals surface area (Å²) in [6, 6.07) is 1.69. The lowest BCUT2D eigenvalue weighted by Crippen LogP contribution is -2.16. The van der Waals surface area contributed by atoms with Crippen LogP contribution in [0.15, 0.2) is 16.6 Å². The third kappa shape index (κ3) is 2.82. The molecule has 1 N–H and O–H groups in total. The Hall–Kier alpha value is -1.30. The SMILES string of the molecule is O=C(O)C(=O)Cc1cc(F)cc(Br)c1F. The predicted octanol–water partition coefficient (Wildman–Crippen LogP) is 1.92. The molecule has 0 bridgehead atoms. The minimum absolute atomic E-state index is 0.143. The molecule has 1 aromatic carbocycles. The number of Topliss-reactive ketones (excluding diaryl/α,β-unsaturated/α-hetero) is 1. The van der Waals surface area contributed by atoms with Gasteiger partial charge in [0, 0.05) is 6.42 Å². The van der Waals surface area contributed by atoms with Gasteiger partial charge in [-0.15, -0.1) is 0 Å². The monoisotopic (exact) mass is 278 g/mol. The Labute approximate surface area is 91.8 Å². The number of carbonyl (C=O) groups is 2. The van der Waals surface area contributed by atoms with E-state index in [9.17, 15) is 18.4 Å². The summed E-state index contributed by atoms with van der Waals surface area (Å²) in [4.78, 5) is 21.0. The van der Waals surface area contributed by atoms with Crippen molar-refractivity contribution in [3.63, 3.8) is 0 Å². The molecule has 0 aromatic heterocycles. The summed E-state index contributed by atoms with van der Waals surface area (Å²) in [6.45, 7) is 0. The van der Waals surface area contributed by atoms with Crippen molar-refractivity contribution in [1.82, 2.24) is 0 Å². The van der Waals surface area contributed by atoms with Crippen LogP contribution >= 0.6 is 15.9 Å². The average molecular weight is 279 g/mol. The first kappa shape index (κ1) is 11.8. The van der Waals surface area contributed by atoms with Gasteiger partial charge in [-0.1, -0.05) is 0 Å². The van der Waals surface area contributed by atoms with Crippen LogP contribution in [0.3, 0.4) is 0 Å². The van der Waals surface area contributed by atoms with E-state index < -0.39 is 29.8 Å². The summed E-state index contributed by atoms with van der Waals surface area (Å²) in [5, 5.41) is 8.30. The molecule has 0 aliphatic rings. The molecule has 0 aliphatic heterocycles. The van der Waals surface area contributed by atoms with Crippen LogP contribution in [0, 0.1) is 11.6 Å². The number of ketones is 1. The van der Waals surface area contributed by atoms with Gasteiger partial charge in [-0.05, 0) is 33.6 Å². The van der Waals surface area contributed by atoms with Crippen molar-refractivity contribution in [3.8, 4) is 0 Å². The fourth-order valence-corrected chi connectivity index (χ4v) is 1.46. The highest BCUT2D eigenvalue weighted by Crippen LogP contribution is 2.21. The number of carboxylic acid groups (broad SMARTS) is 1. The fraction of sp³-hybridized carbons (Fsp3) is 0.111. The van der Waals surface area contributed by atoms with Gasteiger partial charge in [0.15, 0.2) is 0 Å². The largest absolute Gasteiger partial charge is 0.475 e. The number of rotatable bonds is 3. The van der Waals surface area contributed by atoms with Gasteiger partial charge >= 0.3 is 5.97 Å². The minimum Gasteiger partial charge on any atom is -0.475 e. The quantitative estimate of drug-likeness (QED) is 0.679. The van der Waals surface area contributed by atoms with Gasteiger partial charge in [-0.25, -0.2) is 13.6 Å². The molecule has 1 aromatic rings. The Morgan fingerprint density at radius 1 is 1.33 bits per heavy atom. The molecule has 0 saturated carbocycles. The van der Waals surface area contributed by atoms with Crippen molar-refractivity contribution in [2.75, 3.05) is 0 Å². The van der Waals surface area contributed by atoms with E-state index in [1.54, 1.807) is 0 Å². The Morgan fingerprint density at radius 2 is 1.93 bits per heavy atom. The van der Waals surface area contributed by atoms with E-state index >= 15 is 0 Å². The maximum atomic E-state index is 13.2. The fourth-order valence-electron chi connectivity index (χ4n) is 0.987.